The predicted octanol–water partition coefficient (Wildman–Crippen LogP) is 2.71. The van der Waals surface area contributed by atoms with Crippen LogP contribution in [0.3, 0.4) is 0 Å². The molecule has 11 heavy (non-hydrogen) atoms. The largest absolute Gasteiger partial charge is 0.311 e. The lowest BCUT2D eigenvalue weighted by Gasteiger charge is -2.30. The molecule has 66 valence electrons. The zero-order valence-corrected chi connectivity index (χ0v) is 7.90. The van der Waals surface area contributed by atoms with Gasteiger partial charge in [-0.3, -0.25) is 0 Å². The van der Waals surface area contributed by atoms with Crippen LogP contribution in [0.2, 0.25) is 0 Å². The average Bonchev–Trinajstić information content (AvgIpc) is 2.06. The smallest absolute Gasteiger partial charge is 0.00695 e. The SMILES string of the molecule is CCC[C@@H]1CCC[C@@H](CC)N1. The molecule has 1 aliphatic heterocycles. The molecule has 0 aromatic heterocycles. The first-order valence-electron chi connectivity index (χ1n) is 5.12. The van der Waals surface area contributed by atoms with E-state index in [1.54, 1.807) is 0 Å². The molecule has 0 amide bonds. The zero-order valence-electron chi connectivity index (χ0n) is 7.90. The molecule has 1 heterocycles. The summed E-state index contributed by atoms with van der Waals surface area (Å²) in [7, 11) is 0. The Morgan fingerprint density at radius 1 is 1.18 bits per heavy atom. The molecule has 0 radical (unpaired) electrons. The lowest BCUT2D eigenvalue weighted by atomic mass is 9.95. The first kappa shape index (κ1) is 9.05. The number of hydrogen-bond acceptors (Lipinski definition) is 1. The van der Waals surface area contributed by atoms with Crippen molar-refractivity contribution in [2.45, 2.75) is 64.5 Å². The Hall–Kier alpha value is -0.0400. The predicted molar refractivity (Wildman–Crippen MR) is 49.8 cm³/mol. The van der Waals surface area contributed by atoms with Crippen LogP contribution in [0, 0.1) is 0 Å². The fourth-order valence-corrected chi connectivity index (χ4v) is 2.01. The topological polar surface area (TPSA) is 12.0 Å². The Morgan fingerprint density at radius 3 is 2.55 bits per heavy atom. The van der Waals surface area contributed by atoms with Crippen molar-refractivity contribution in [1.82, 2.24) is 5.32 Å². The highest BCUT2D eigenvalue weighted by atomic mass is 15.0. The fourth-order valence-electron chi connectivity index (χ4n) is 2.01. The van der Waals surface area contributed by atoms with Crippen LogP contribution in [0.1, 0.15) is 52.4 Å². The maximum absolute atomic E-state index is 3.70. The quantitative estimate of drug-likeness (QED) is 0.660. The molecule has 1 nitrogen and oxygen atoms in total. The van der Waals surface area contributed by atoms with E-state index in [9.17, 15) is 0 Å². The standard InChI is InChI=1S/C10H21N/c1-3-6-10-8-5-7-9(4-2)11-10/h9-11H,3-8H2,1-2H3/t9-,10-/m1/s1. The third kappa shape index (κ3) is 2.82. The van der Waals surface area contributed by atoms with Gasteiger partial charge in [-0.1, -0.05) is 26.7 Å². The average molecular weight is 155 g/mol. The van der Waals surface area contributed by atoms with Gasteiger partial charge in [0.25, 0.3) is 0 Å². The van der Waals surface area contributed by atoms with Gasteiger partial charge in [0.2, 0.25) is 0 Å². The Morgan fingerprint density at radius 2 is 1.91 bits per heavy atom. The highest BCUT2D eigenvalue weighted by molar-refractivity contribution is 4.78. The van der Waals surface area contributed by atoms with Crippen LogP contribution in [0.5, 0.6) is 0 Å². The highest BCUT2D eigenvalue weighted by Gasteiger charge is 2.17. The van der Waals surface area contributed by atoms with Gasteiger partial charge in [-0.25, -0.2) is 0 Å². The van der Waals surface area contributed by atoms with E-state index in [1.165, 1.54) is 38.5 Å². The Balaban J connectivity index is 2.21. The zero-order chi connectivity index (χ0) is 8.10. The van der Waals surface area contributed by atoms with E-state index in [-0.39, 0.29) is 0 Å². The molecule has 0 bridgehead atoms. The van der Waals surface area contributed by atoms with E-state index in [0.29, 0.717) is 0 Å². The first-order chi connectivity index (χ1) is 5.36. The summed E-state index contributed by atoms with van der Waals surface area (Å²) < 4.78 is 0. The second-order valence-corrected chi connectivity index (χ2v) is 3.69. The van der Waals surface area contributed by atoms with E-state index >= 15 is 0 Å². The van der Waals surface area contributed by atoms with Gasteiger partial charge in [0, 0.05) is 12.1 Å². The van der Waals surface area contributed by atoms with E-state index in [2.05, 4.69) is 19.2 Å². The van der Waals surface area contributed by atoms with Crippen molar-refractivity contribution in [2.75, 3.05) is 0 Å². The summed E-state index contributed by atoms with van der Waals surface area (Å²) in [6.45, 7) is 4.56. The number of hydrogen-bond donors (Lipinski definition) is 1. The molecule has 2 atom stereocenters. The van der Waals surface area contributed by atoms with Gasteiger partial charge in [0.05, 0.1) is 0 Å². The molecule has 0 unspecified atom stereocenters. The summed E-state index contributed by atoms with van der Waals surface area (Å²) in [4.78, 5) is 0. The second-order valence-electron chi connectivity index (χ2n) is 3.69. The Kier molecular flexibility index (Phi) is 3.92. The van der Waals surface area contributed by atoms with Crippen LogP contribution in [-0.4, -0.2) is 12.1 Å². The third-order valence-electron chi connectivity index (χ3n) is 2.71. The number of rotatable bonds is 3. The number of piperidine rings is 1. The summed E-state index contributed by atoms with van der Waals surface area (Å²) in [5.74, 6) is 0. The molecule has 1 N–H and O–H groups in total. The molecule has 1 rings (SSSR count). The van der Waals surface area contributed by atoms with Crippen molar-refractivity contribution >= 4 is 0 Å². The molecule has 1 aliphatic rings. The van der Waals surface area contributed by atoms with Crippen molar-refractivity contribution < 1.29 is 0 Å². The van der Waals surface area contributed by atoms with Gasteiger partial charge in [-0.15, -0.1) is 0 Å². The lowest BCUT2D eigenvalue weighted by Crippen LogP contribution is -2.41. The van der Waals surface area contributed by atoms with Gasteiger partial charge >= 0.3 is 0 Å². The Labute approximate surface area is 70.6 Å². The minimum Gasteiger partial charge on any atom is -0.311 e. The maximum atomic E-state index is 3.70. The summed E-state index contributed by atoms with van der Waals surface area (Å²) in [6, 6.07) is 1.65. The molecule has 0 aliphatic carbocycles. The number of nitrogens with one attached hydrogen (secondary N) is 1. The summed E-state index contributed by atoms with van der Waals surface area (Å²) >= 11 is 0. The molecule has 0 aromatic carbocycles. The summed E-state index contributed by atoms with van der Waals surface area (Å²) in [6.07, 6.45) is 8.25. The first-order valence-corrected chi connectivity index (χ1v) is 5.12. The van der Waals surface area contributed by atoms with Gasteiger partial charge in [0.15, 0.2) is 0 Å². The van der Waals surface area contributed by atoms with E-state index in [4.69, 9.17) is 0 Å². The monoisotopic (exact) mass is 155 g/mol. The van der Waals surface area contributed by atoms with Crippen molar-refractivity contribution in [3.05, 3.63) is 0 Å². The van der Waals surface area contributed by atoms with Gasteiger partial charge < -0.3 is 5.32 Å². The molecule has 0 saturated carbocycles. The minimum atomic E-state index is 0.820. The lowest BCUT2D eigenvalue weighted by molar-refractivity contribution is 0.301. The molecule has 0 aromatic rings. The normalized spacial score (nSPS) is 32.2. The third-order valence-corrected chi connectivity index (χ3v) is 2.71. The van der Waals surface area contributed by atoms with E-state index < -0.39 is 0 Å². The van der Waals surface area contributed by atoms with Crippen LogP contribution < -0.4 is 5.32 Å². The van der Waals surface area contributed by atoms with E-state index in [0.717, 1.165) is 12.1 Å². The van der Waals surface area contributed by atoms with E-state index in [1.807, 2.05) is 0 Å². The molecule has 1 saturated heterocycles. The van der Waals surface area contributed by atoms with Gasteiger partial charge in [0.1, 0.15) is 0 Å². The molecule has 1 heteroatoms. The van der Waals surface area contributed by atoms with Crippen LogP contribution in [0.15, 0.2) is 0 Å². The maximum Gasteiger partial charge on any atom is 0.00695 e. The summed E-state index contributed by atoms with van der Waals surface area (Å²) in [5.41, 5.74) is 0. The molecule has 0 spiro atoms. The van der Waals surface area contributed by atoms with Crippen molar-refractivity contribution in [3.8, 4) is 0 Å². The minimum absolute atomic E-state index is 0.820. The van der Waals surface area contributed by atoms with Crippen molar-refractivity contribution in [2.24, 2.45) is 0 Å². The molecular weight excluding hydrogens is 134 g/mol. The summed E-state index contributed by atoms with van der Waals surface area (Å²) in [5, 5.41) is 3.70. The van der Waals surface area contributed by atoms with Crippen LogP contribution in [-0.2, 0) is 0 Å². The van der Waals surface area contributed by atoms with Gasteiger partial charge in [-0.2, -0.15) is 0 Å². The molecule has 1 fully saturated rings. The van der Waals surface area contributed by atoms with Crippen molar-refractivity contribution in [3.63, 3.8) is 0 Å². The van der Waals surface area contributed by atoms with Gasteiger partial charge in [-0.05, 0) is 25.7 Å². The highest BCUT2D eigenvalue weighted by Crippen LogP contribution is 2.17. The second kappa shape index (κ2) is 4.76. The van der Waals surface area contributed by atoms with Crippen molar-refractivity contribution in [1.29, 1.82) is 0 Å². The van der Waals surface area contributed by atoms with Crippen LogP contribution >= 0.6 is 0 Å². The Bertz CT molecular complexity index is 99.0. The van der Waals surface area contributed by atoms with Crippen LogP contribution in [0.4, 0.5) is 0 Å². The fraction of sp³-hybridized carbons (Fsp3) is 1.00. The molecular formula is C10H21N. The van der Waals surface area contributed by atoms with Crippen LogP contribution in [0.25, 0.3) is 0 Å².